The highest BCUT2D eigenvalue weighted by atomic mass is 32.1. The molecular weight excluding hydrogens is 194 g/mol. The SMILES string of the molecule is Cc1nc2sccn2c1CC(C)(C)N. The topological polar surface area (TPSA) is 43.3 Å². The number of imidazole rings is 1. The Morgan fingerprint density at radius 3 is 2.93 bits per heavy atom. The molecular formula is C10H15N3S. The Hall–Kier alpha value is -0.870. The summed E-state index contributed by atoms with van der Waals surface area (Å²) in [7, 11) is 0. The fraction of sp³-hybridized carbons (Fsp3) is 0.500. The normalized spacial score (nSPS) is 12.6. The minimum absolute atomic E-state index is 0.178. The lowest BCUT2D eigenvalue weighted by Crippen LogP contribution is -2.35. The van der Waals surface area contributed by atoms with Crippen molar-refractivity contribution < 1.29 is 0 Å². The van der Waals surface area contributed by atoms with Gasteiger partial charge in [-0.25, -0.2) is 4.98 Å². The molecule has 0 spiro atoms. The van der Waals surface area contributed by atoms with Crippen molar-refractivity contribution in [2.75, 3.05) is 0 Å². The van der Waals surface area contributed by atoms with E-state index in [-0.39, 0.29) is 5.54 Å². The van der Waals surface area contributed by atoms with E-state index in [0.29, 0.717) is 0 Å². The van der Waals surface area contributed by atoms with Crippen LogP contribution in [0.15, 0.2) is 11.6 Å². The number of fused-ring (bicyclic) bond motifs is 1. The van der Waals surface area contributed by atoms with E-state index in [0.717, 1.165) is 17.1 Å². The molecule has 0 saturated carbocycles. The van der Waals surface area contributed by atoms with E-state index >= 15 is 0 Å². The summed E-state index contributed by atoms with van der Waals surface area (Å²) in [5, 5.41) is 2.05. The molecule has 4 heteroatoms. The Balaban J connectivity index is 2.49. The van der Waals surface area contributed by atoms with Gasteiger partial charge in [0.15, 0.2) is 4.96 Å². The molecule has 0 bridgehead atoms. The molecule has 0 radical (unpaired) electrons. The van der Waals surface area contributed by atoms with Gasteiger partial charge in [-0.2, -0.15) is 0 Å². The highest BCUT2D eigenvalue weighted by Gasteiger charge is 2.17. The standard InChI is InChI=1S/C10H15N3S/c1-7-8(6-10(2,3)11)13-4-5-14-9(13)12-7/h4-5H,6,11H2,1-3H3. The number of hydrogen-bond donors (Lipinski definition) is 1. The minimum atomic E-state index is -0.178. The van der Waals surface area contributed by atoms with Gasteiger partial charge in [0, 0.05) is 29.2 Å². The molecule has 14 heavy (non-hydrogen) atoms. The monoisotopic (exact) mass is 209 g/mol. The third-order valence-corrected chi connectivity index (χ3v) is 2.94. The van der Waals surface area contributed by atoms with E-state index in [1.807, 2.05) is 20.8 Å². The number of rotatable bonds is 2. The fourth-order valence-corrected chi connectivity index (χ4v) is 2.36. The van der Waals surface area contributed by atoms with E-state index in [4.69, 9.17) is 5.73 Å². The number of aryl methyl sites for hydroxylation is 1. The Kier molecular flexibility index (Phi) is 2.12. The second-order valence-electron chi connectivity index (χ2n) is 4.36. The second kappa shape index (κ2) is 3.07. The minimum Gasteiger partial charge on any atom is -0.325 e. The lowest BCUT2D eigenvalue weighted by atomic mass is 9.99. The molecule has 0 aliphatic carbocycles. The average Bonchev–Trinajstić information content (AvgIpc) is 2.54. The highest BCUT2D eigenvalue weighted by molar-refractivity contribution is 7.15. The van der Waals surface area contributed by atoms with Gasteiger partial charge in [-0.15, -0.1) is 11.3 Å². The van der Waals surface area contributed by atoms with Crippen LogP contribution in [0.1, 0.15) is 25.2 Å². The molecule has 2 rings (SSSR count). The zero-order chi connectivity index (χ0) is 10.3. The van der Waals surface area contributed by atoms with Crippen LogP contribution in [0.2, 0.25) is 0 Å². The fourth-order valence-electron chi connectivity index (χ4n) is 1.59. The van der Waals surface area contributed by atoms with Crippen molar-refractivity contribution in [2.45, 2.75) is 32.7 Å². The van der Waals surface area contributed by atoms with E-state index in [1.165, 1.54) is 5.69 Å². The molecule has 2 N–H and O–H groups in total. The first-order chi connectivity index (χ1) is 6.47. The average molecular weight is 209 g/mol. The molecule has 0 atom stereocenters. The van der Waals surface area contributed by atoms with Crippen LogP contribution in [-0.2, 0) is 6.42 Å². The van der Waals surface area contributed by atoms with E-state index < -0.39 is 0 Å². The number of aromatic nitrogens is 2. The van der Waals surface area contributed by atoms with Crippen LogP contribution >= 0.6 is 11.3 Å². The molecule has 3 nitrogen and oxygen atoms in total. The zero-order valence-corrected chi connectivity index (χ0v) is 9.56. The smallest absolute Gasteiger partial charge is 0.194 e. The van der Waals surface area contributed by atoms with Gasteiger partial charge < -0.3 is 5.73 Å². The zero-order valence-electron chi connectivity index (χ0n) is 8.74. The van der Waals surface area contributed by atoms with Crippen LogP contribution in [0.5, 0.6) is 0 Å². The summed E-state index contributed by atoms with van der Waals surface area (Å²) in [4.78, 5) is 5.54. The number of nitrogens with two attached hydrogens (primary N) is 1. The maximum Gasteiger partial charge on any atom is 0.194 e. The van der Waals surface area contributed by atoms with Crippen LogP contribution in [0.3, 0.4) is 0 Å². The molecule has 0 amide bonds. The van der Waals surface area contributed by atoms with Gasteiger partial charge in [-0.1, -0.05) is 0 Å². The van der Waals surface area contributed by atoms with Gasteiger partial charge in [0.1, 0.15) is 0 Å². The Labute approximate surface area is 87.6 Å². The van der Waals surface area contributed by atoms with Crippen LogP contribution in [0.25, 0.3) is 4.96 Å². The number of nitrogens with zero attached hydrogens (tertiary/aromatic N) is 2. The second-order valence-corrected chi connectivity index (χ2v) is 5.24. The number of thiazole rings is 1. The van der Waals surface area contributed by atoms with Gasteiger partial charge in [0.05, 0.1) is 5.69 Å². The van der Waals surface area contributed by atoms with Crippen molar-refractivity contribution in [3.63, 3.8) is 0 Å². The summed E-state index contributed by atoms with van der Waals surface area (Å²) in [5.74, 6) is 0. The van der Waals surface area contributed by atoms with Gasteiger partial charge in [-0.05, 0) is 20.8 Å². The molecule has 0 aromatic carbocycles. The molecule has 0 aliphatic rings. The summed E-state index contributed by atoms with van der Waals surface area (Å²) in [6.45, 7) is 6.12. The third kappa shape index (κ3) is 1.67. The quantitative estimate of drug-likeness (QED) is 0.822. The largest absolute Gasteiger partial charge is 0.325 e. The van der Waals surface area contributed by atoms with E-state index in [2.05, 4.69) is 21.0 Å². The maximum absolute atomic E-state index is 6.02. The first kappa shape index (κ1) is 9.68. The first-order valence-electron chi connectivity index (χ1n) is 4.67. The summed E-state index contributed by atoms with van der Waals surface area (Å²) in [6.07, 6.45) is 2.91. The third-order valence-electron chi connectivity index (χ3n) is 2.18. The van der Waals surface area contributed by atoms with Crippen molar-refractivity contribution in [1.29, 1.82) is 0 Å². The van der Waals surface area contributed by atoms with E-state index in [9.17, 15) is 0 Å². The molecule has 0 saturated heterocycles. The van der Waals surface area contributed by atoms with Crippen molar-refractivity contribution >= 4 is 16.3 Å². The lowest BCUT2D eigenvalue weighted by molar-refractivity contribution is 0.507. The molecule has 0 unspecified atom stereocenters. The van der Waals surface area contributed by atoms with E-state index in [1.54, 1.807) is 11.3 Å². The summed E-state index contributed by atoms with van der Waals surface area (Å²) in [6, 6.07) is 0. The Bertz CT molecular complexity index is 447. The van der Waals surface area contributed by atoms with Crippen molar-refractivity contribution in [3.05, 3.63) is 23.0 Å². The Morgan fingerprint density at radius 1 is 1.57 bits per heavy atom. The molecule has 0 fully saturated rings. The molecule has 2 aromatic heterocycles. The predicted molar refractivity (Wildman–Crippen MR) is 59.8 cm³/mol. The van der Waals surface area contributed by atoms with Crippen LogP contribution in [0.4, 0.5) is 0 Å². The van der Waals surface area contributed by atoms with Crippen LogP contribution < -0.4 is 5.73 Å². The maximum atomic E-state index is 6.02. The van der Waals surface area contributed by atoms with Crippen molar-refractivity contribution in [2.24, 2.45) is 5.73 Å². The van der Waals surface area contributed by atoms with Crippen LogP contribution in [0, 0.1) is 6.92 Å². The Morgan fingerprint density at radius 2 is 2.29 bits per heavy atom. The van der Waals surface area contributed by atoms with Crippen LogP contribution in [-0.4, -0.2) is 14.9 Å². The predicted octanol–water partition coefficient (Wildman–Crippen LogP) is 1.98. The summed E-state index contributed by atoms with van der Waals surface area (Å²) >= 11 is 1.66. The van der Waals surface area contributed by atoms with Crippen molar-refractivity contribution in [3.8, 4) is 0 Å². The number of hydrogen-bond acceptors (Lipinski definition) is 3. The molecule has 2 heterocycles. The van der Waals surface area contributed by atoms with Gasteiger partial charge in [0.2, 0.25) is 0 Å². The summed E-state index contributed by atoms with van der Waals surface area (Å²) in [5.41, 5.74) is 8.16. The van der Waals surface area contributed by atoms with Crippen molar-refractivity contribution in [1.82, 2.24) is 9.38 Å². The van der Waals surface area contributed by atoms with Gasteiger partial charge in [0.25, 0.3) is 0 Å². The molecule has 0 aliphatic heterocycles. The first-order valence-corrected chi connectivity index (χ1v) is 5.55. The molecule has 2 aromatic rings. The highest BCUT2D eigenvalue weighted by Crippen LogP contribution is 2.19. The molecule has 76 valence electrons. The lowest BCUT2D eigenvalue weighted by Gasteiger charge is -2.17. The van der Waals surface area contributed by atoms with Gasteiger partial charge >= 0.3 is 0 Å². The van der Waals surface area contributed by atoms with Gasteiger partial charge in [-0.3, -0.25) is 4.40 Å². The summed E-state index contributed by atoms with van der Waals surface area (Å²) < 4.78 is 2.13.